The maximum Gasteiger partial charge on any atom is 0.217 e. The Hall–Kier alpha value is -1.09. The molecule has 0 atom stereocenters. The summed E-state index contributed by atoms with van der Waals surface area (Å²) in [6, 6.07) is 2.89. The Bertz CT molecular complexity index is 365. The van der Waals surface area contributed by atoms with Crippen LogP contribution in [0.1, 0.15) is 18.1 Å². The summed E-state index contributed by atoms with van der Waals surface area (Å²) in [7, 11) is 0. The summed E-state index contributed by atoms with van der Waals surface area (Å²) in [5.41, 5.74) is 1.09. The molecular weight excluding hydrogens is 205 g/mol. The third-order valence-electron chi connectivity index (χ3n) is 1.86. The lowest BCUT2D eigenvalue weighted by Gasteiger charge is -2.06. The van der Waals surface area contributed by atoms with Gasteiger partial charge in [0.25, 0.3) is 0 Å². The van der Waals surface area contributed by atoms with Crippen molar-refractivity contribution in [2.45, 2.75) is 20.4 Å². The van der Waals surface area contributed by atoms with E-state index < -0.39 is 0 Å². The van der Waals surface area contributed by atoms with Crippen molar-refractivity contribution in [2.75, 3.05) is 0 Å². The fourth-order valence-electron chi connectivity index (χ4n) is 1.04. The molecule has 0 saturated heterocycles. The minimum absolute atomic E-state index is 0.165. The number of benzene rings is 1. The zero-order valence-corrected chi connectivity index (χ0v) is 8.78. The maximum absolute atomic E-state index is 13.1. The molecule has 0 spiro atoms. The molecular formula is C10H11ClFNO. The SMILES string of the molecule is CC(=O)NCc1cc(F)c(C)cc1Cl. The minimum Gasteiger partial charge on any atom is -0.352 e. The molecule has 0 fully saturated rings. The van der Waals surface area contributed by atoms with E-state index in [9.17, 15) is 9.18 Å². The fraction of sp³-hybridized carbons (Fsp3) is 0.300. The largest absolute Gasteiger partial charge is 0.352 e. The van der Waals surface area contributed by atoms with Gasteiger partial charge in [-0.2, -0.15) is 0 Å². The summed E-state index contributed by atoms with van der Waals surface area (Å²) in [5, 5.41) is 3.03. The average Bonchev–Trinajstić information content (AvgIpc) is 2.09. The summed E-state index contributed by atoms with van der Waals surface area (Å²) >= 11 is 5.87. The molecule has 2 nitrogen and oxygen atoms in total. The molecule has 1 amide bonds. The van der Waals surface area contributed by atoms with Crippen LogP contribution in [0, 0.1) is 12.7 Å². The Labute approximate surface area is 87.1 Å². The first kappa shape index (κ1) is 11.0. The number of hydrogen-bond acceptors (Lipinski definition) is 1. The van der Waals surface area contributed by atoms with Crippen molar-refractivity contribution >= 4 is 17.5 Å². The average molecular weight is 216 g/mol. The predicted molar refractivity (Wildman–Crippen MR) is 53.7 cm³/mol. The molecule has 0 heterocycles. The van der Waals surface area contributed by atoms with E-state index in [0.29, 0.717) is 16.1 Å². The number of rotatable bonds is 2. The topological polar surface area (TPSA) is 29.1 Å². The van der Waals surface area contributed by atoms with Gasteiger partial charge in [-0.1, -0.05) is 11.6 Å². The third-order valence-corrected chi connectivity index (χ3v) is 2.21. The molecule has 1 aromatic carbocycles. The van der Waals surface area contributed by atoms with Crippen LogP contribution in [-0.4, -0.2) is 5.91 Å². The van der Waals surface area contributed by atoms with Gasteiger partial charge in [-0.3, -0.25) is 4.79 Å². The van der Waals surface area contributed by atoms with Crippen LogP contribution < -0.4 is 5.32 Å². The van der Waals surface area contributed by atoms with Gasteiger partial charge in [0.05, 0.1) is 0 Å². The standard InChI is InChI=1S/C10H11ClFNO/c1-6-3-9(11)8(4-10(6)12)5-13-7(2)14/h3-4H,5H2,1-2H3,(H,13,14). The van der Waals surface area contributed by atoms with Crippen LogP contribution in [0.2, 0.25) is 5.02 Å². The van der Waals surface area contributed by atoms with Crippen molar-refractivity contribution in [3.8, 4) is 0 Å². The van der Waals surface area contributed by atoms with Gasteiger partial charge in [0, 0.05) is 18.5 Å². The van der Waals surface area contributed by atoms with Crippen molar-refractivity contribution in [3.63, 3.8) is 0 Å². The van der Waals surface area contributed by atoms with E-state index in [1.807, 2.05) is 0 Å². The lowest BCUT2D eigenvalue weighted by molar-refractivity contribution is -0.119. The molecule has 0 saturated carbocycles. The zero-order valence-electron chi connectivity index (χ0n) is 8.03. The molecule has 1 aromatic rings. The normalized spacial score (nSPS) is 10.0. The van der Waals surface area contributed by atoms with Crippen molar-refractivity contribution in [3.05, 3.63) is 34.1 Å². The van der Waals surface area contributed by atoms with Gasteiger partial charge in [-0.05, 0) is 30.2 Å². The minimum atomic E-state index is -0.310. The van der Waals surface area contributed by atoms with Gasteiger partial charge in [0.1, 0.15) is 5.82 Å². The molecule has 0 aliphatic heterocycles. The van der Waals surface area contributed by atoms with Crippen LogP contribution in [0.5, 0.6) is 0 Å². The number of amides is 1. The molecule has 0 unspecified atom stereocenters. The van der Waals surface area contributed by atoms with Gasteiger partial charge in [0.15, 0.2) is 0 Å². The van der Waals surface area contributed by atoms with E-state index in [0.717, 1.165) is 0 Å². The van der Waals surface area contributed by atoms with Crippen molar-refractivity contribution in [2.24, 2.45) is 0 Å². The van der Waals surface area contributed by atoms with Crippen LogP contribution in [0.15, 0.2) is 12.1 Å². The van der Waals surface area contributed by atoms with Gasteiger partial charge in [-0.25, -0.2) is 4.39 Å². The highest BCUT2D eigenvalue weighted by molar-refractivity contribution is 6.31. The molecule has 0 aliphatic rings. The molecule has 0 bridgehead atoms. The van der Waals surface area contributed by atoms with E-state index in [1.165, 1.54) is 13.0 Å². The molecule has 0 aromatic heterocycles. The third kappa shape index (κ3) is 2.70. The van der Waals surface area contributed by atoms with Crippen molar-refractivity contribution in [1.29, 1.82) is 0 Å². The first-order chi connectivity index (χ1) is 6.50. The Morgan fingerprint density at radius 1 is 1.57 bits per heavy atom. The first-order valence-corrected chi connectivity index (χ1v) is 4.57. The monoisotopic (exact) mass is 215 g/mol. The molecule has 14 heavy (non-hydrogen) atoms. The molecule has 1 N–H and O–H groups in total. The van der Waals surface area contributed by atoms with E-state index in [1.54, 1.807) is 13.0 Å². The number of hydrogen-bond donors (Lipinski definition) is 1. The van der Waals surface area contributed by atoms with Crippen LogP contribution in [0.3, 0.4) is 0 Å². The Morgan fingerprint density at radius 3 is 2.79 bits per heavy atom. The predicted octanol–water partition coefficient (Wildman–Crippen LogP) is 2.42. The second-order valence-electron chi connectivity index (χ2n) is 3.10. The number of aryl methyl sites for hydroxylation is 1. The van der Waals surface area contributed by atoms with Crippen molar-refractivity contribution < 1.29 is 9.18 Å². The Kier molecular flexibility index (Phi) is 3.47. The van der Waals surface area contributed by atoms with E-state index in [-0.39, 0.29) is 18.3 Å². The Morgan fingerprint density at radius 2 is 2.21 bits per heavy atom. The number of halogens is 2. The molecule has 4 heteroatoms. The molecule has 0 aliphatic carbocycles. The van der Waals surface area contributed by atoms with Gasteiger partial charge < -0.3 is 5.32 Å². The Balaban J connectivity index is 2.87. The summed E-state index contributed by atoms with van der Waals surface area (Å²) in [6.07, 6.45) is 0. The second kappa shape index (κ2) is 4.42. The van der Waals surface area contributed by atoms with Gasteiger partial charge >= 0.3 is 0 Å². The molecule has 0 radical (unpaired) electrons. The highest BCUT2D eigenvalue weighted by Crippen LogP contribution is 2.20. The first-order valence-electron chi connectivity index (χ1n) is 4.19. The van der Waals surface area contributed by atoms with Crippen LogP contribution >= 0.6 is 11.6 Å². The quantitative estimate of drug-likeness (QED) is 0.807. The fourth-order valence-corrected chi connectivity index (χ4v) is 1.33. The lowest BCUT2D eigenvalue weighted by Crippen LogP contribution is -2.19. The highest BCUT2D eigenvalue weighted by Gasteiger charge is 2.05. The number of carbonyl (C=O) groups is 1. The zero-order chi connectivity index (χ0) is 10.7. The highest BCUT2D eigenvalue weighted by atomic mass is 35.5. The van der Waals surface area contributed by atoms with E-state index in [2.05, 4.69) is 5.32 Å². The van der Waals surface area contributed by atoms with E-state index in [4.69, 9.17) is 11.6 Å². The summed E-state index contributed by atoms with van der Waals surface area (Å²) in [4.78, 5) is 10.6. The van der Waals surface area contributed by atoms with Gasteiger partial charge in [0.2, 0.25) is 5.91 Å². The lowest BCUT2D eigenvalue weighted by atomic mass is 10.1. The van der Waals surface area contributed by atoms with Crippen LogP contribution in [0.25, 0.3) is 0 Å². The second-order valence-corrected chi connectivity index (χ2v) is 3.51. The summed E-state index contributed by atoms with van der Waals surface area (Å²) in [6.45, 7) is 3.30. The number of carbonyl (C=O) groups excluding carboxylic acids is 1. The van der Waals surface area contributed by atoms with Crippen molar-refractivity contribution in [1.82, 2.24) is 5.32 Å². The maximum atomic E-state index is 13.1. The molecule has 1 rings (SSSR count). The van der Waals surface area contributed by atoms with Crippen LogP contribution in [-0.2, 0) is 11.3 Å². The van der Waals surface area contributed by atoms with E-state index >= 15 is 0 Å². The molecule has 76 valence electrons. The summed E-state index contributed by atoms with van der Waals surface area (Å²) in [5.74, 6) is -0.475. The van der Waals surface area contributed by atoms with Crippen LogP contribution in [0.4, 0.5) is 4.39 Å². The summed E-state index contributed by atoms with van der Waals surface area (Å²) < 4.78 is 13.1. The van der Waals surface area contributed by atoms with Gasteiger partial charge in [-0.15, -0.1) is 0 Å². The number of nitrogens with one attached hydrogen (secondary N) is 1. The smallest absolute Gasteiger partial charge is 0.217 e.